The van der Waals surface area contributed by atoms with Crippen LogP contribution in [0.4, 0.5) is 5.69 Å². The Balaban J connectivity index is 1.46. The number of hydrogen-bond donors (Lipinski definition) is 3. The first kappa shape index (κ1) is 21.3. The van der Waals surface area contributed by atoms with Crippen molar-refractivity contribution in [2.24, 2.45) is 5.73 Å². The average Bonchev–Trinajstić information content (AvgIpc) is 3.25. The van der Waals surface area contributed by atoms with E-state index in [2.05, 4.69) is 15.5 Å². The van der Waals surface area contributed by atoms with Crippen LogP contribution in [0.15, 0.2) is 48.5 Å². The molecule has 0 aliphatic carbocycles. The number of benzene rings is 2. The Hall–Kier alpha value is -3.56. The Kier molecular flexibility index (Phi) is 5.89. The van der Waals surface area contributed by atoms with Gasteiger partial charge in [-0.1, -0.05) is 12.1 Å². The maximum absolute atomic E-state index is 12.4. The minimum absolute atomic E-state index is 0.163. The van der Waals surface area contributed by atoms with Crippen molar-refractivity contribution >= 4 is 11.6 Å². The Morgan fingerprint density at radius 1 is 1.06 bits per heavy atom. The van der Waals surface area contributed by atoms with E-state index in [0.29, 0.717) is 22.9 Å². The molecule has 4 N–H and O–H groups in total. The Bertz CT molecular complexity index is 1140. The largest absolute Gasteiger partial charge is 0.493 e. The van der Waals surface area contributed by atoms with E-state index in [0.717, 1.165) is 56.2 Å². The molecule has 172 valence electrons. The fraction of sp³-hybridized carbons (Fsp3) is 0.333. The van der Waals surface area contributed by atoms with Crippen LogP contribution in [0.3, 0.4) is 0 Å². The molecule has 0 unspecified atom stereocenters. The highest BCUT2D eigenvalue weighted by Crippen LogP contribution is 2.37. The van der Waals surface area contributed by atoms with Crippen molar-refractivity contribution < 1.29 is 14.3 Å². The number of nitrogens with zero attached hydrogens (tertiary/aromatic N) is 3. The molecule has 1 atom stereocenters. The van der Waals surface area contributed by atoms with Gasteiger partial charge in [-0.25, -0.2) is 4.68 Å². The van der Waals surface area contributed by atoms with Crippen LogP contribution in [0.2, 0.25) is 0 Å². The van der Waals surface area contributed by atoms with Gasteiger partial charge in [0, 0.05) is 32.7 Å². The van der Waals surface area contributed by atoms with Crippen molar-refractivity contribution in [3.05, 3.63) is 59.9 Å². The summed E-state index contributed by atoms with van der Waals surface area (Å²) >= 11 is 0. The van der Waals surface area contributed by atoms with Crippen molar-refractivity contribution in [2.75, 3.05) is 45.2 Å². The Morgan fingerprint density at radius 3 is 2.48 bits per heavy atom. The first-order valence-electron chi connectivity index (χ1n) is 11.2. The summed E-state index contributed by atoms with van der Waals surface area (Å²) in [7, 11) is 1.61. The topological polar surface area (TPSA) is 107 Å². The lowest BCUT2D eigenvalue weighted by Crippen LogP contribution is -2.46. The molecule has 33 heavy (non-hydrogen) atoms. The first-order valence-corrected chi connectivity index (χ1v) is 11.2. The van der Waals surface area contributed by atoms with Crippen LogP contribution in [0.5, 0.6) is 17.2 Å². The second kappa shape index (κ2) is 9.13. The fourth-order valence-electron chi connectivity index (χ4n) is 4.56. The highest BCUT2D eigenvalue weighted by molar-refractivity contribution is 5.98. The van der Waals surface area contributed by atoms with E-state index >= 15 is 0 Å². The number of piperazine rings is 1. The van der Waals surface area contributed by atoms with Gasteiger partial charge in [-0.3, -0.25) is 9.69 Å². The van der Waals surface area contributed by atoms with Gasteiger partial charge in [-0.2, -0.15) is 5.10 Å². The number of fused-ring (bicyclic) bond motifs is 1. The third kappa shape index (κ3) is 4.12. The molecular weight excluding hydrogens is 420 g/mol. The van der Waals surface area contributed by atoms with Gasteiger partial charge in [-0.15, -0.1) is 0 Å². The van der Waals surface area contributed by atoms with Crippen LogP contribution >= 0.6 is 0 Å². The minimum Gasteiger partial charge on any atom is -0.493 e. The minimum atomic E-state index is -0.508. The zero-order chi connectivity index (χ0) is 22.8. The van der Waals surface area contributed by atoms with Gasteiger partial charge in [0.05, 0.1) is 24.5 Å². The highest BCUT2D eigenvalue weighted by Gasteiger charge is 2.34. The quantitative estimate of drug-likeness (QED) is 0.532. The maximum atomic E-state index is 12.4. The van der Waals surface area contributed by atoms with Crippen molar-refractivity contribution in [2.45, 2.75) is 12.5 Å². The van der Waals surface area contributed by atoms with Gasteiger partial charge in [0.15, 0.2) is 17.2 Å². The number of anilines is 1. The predicted molar refractivity (Wildman–Crippen MR) is 125 cm³/mol. The van der Waals surface area contributed by atoms with Gasteiger partial charge in [0.1, 0.15) is 11.4 Å². The molecule has 5 rings (SSSR count). The molecule has 3 aromatic rings. The van der Waals surface area contributed by atoms with Gasteiger partial charge in [0.25, 0.3) is 5.91 Å². The van der Waals surface area contributed by atoms with Crippen LogP contribution < -0.4 is 25.8 Å². The van der Waals surface area contributed by atoms with E-state index in [9.17, 15) is 4.79 Å². The van der Waals surface area contributed by atoms with Crippen molar-refractivity contribution in [1.82, 2.24) is 20.0 Å². The van der Waals surface area contributed by atoms with Crippen molar-refractivity contribution in [3.8, 4) is 22.9 Å². The Labute approximate surface area is 192 Å². The fourth-order valence-corrected chi connectivity index (χ4v) is 4.56. The summed E-state index contributed by atoms with van der Waals surface area (Å²) < 4.78 is 13.0. The molecule has 0 bridgehead atoms. The van der Waals surface area contributed by atoms with Crippen LogP contribution in [0, 0.1) is 0 Å². The molecule has 0 radical (unpaired) electrons. The summed E-state index contributed by atoms with van der Waals surface area (Å²) in [5.74, 6) is 1.43. The number of methoxy groups -OCH3 is 1. The smallest absolute Gasteiger partial charge is 0.269 e. The van der Waals surface area contributed by atoms with Crippen LogP contribution in [-0.4, -0.2) is 60.4 Å². The number of ether oxygens (including phenoxy) is 2. The molecule has 0 spiro atoms. The third-order valence-corrected chi connectivity index (χ3v) is 6.15. The number of nitrogens with two attached hydrogens (primary N) is 1. The SMILES string of the molecule is COc1ccccc1Oc1ccc(-n2nc3c(c2C(N)=O)NCC[C@H]3N2CCNCC2)cc1. The molecule has 1 amide bonds. The standard InChI is InChI=1S/C24H28N6O3/c1-32-19-4-2-3-5-20(19)33-17-8-6-16(7-9-17)30-23(24(25)31)22-21(28-30)18(10-11-27-22)29-14-12-26-13-15-29/h2-9,18,26-27H,10-15H2,1H3,(H2,25,31)/t18-/m1/s1. The number of amides is 1. The number of aromatic nitrogens is 2. The zero-order valence-corrected chi connectivity index (χ0v) is 18.6. The molecule has 0 saturated carbocycles. The van der Waals surface area contributed by atoms with Gasteiger partial charge in [0.2, 0.25) is 0 Å². The third-order valence-electron chi connectivity index (χ3n) is 6.15. The van der Waals surface area contributed by atoms with Crippen LogP contribution in [0.25, 0.3) is 5.69 Å². The molecule has 9 heteroatoms. The molecule has 9 nitrogen and oxygen atoms in total. The number of para-hydroxylation sites is 2. The van der Waals surface area contributed by atoms with Gasteiger partial charge < -0.3 is 25.8 Å². The monoisotopic (exact) mass is 448 g/mol. The Morgan fingerprint density at radius 2 is 1.79 bits per heavy atom. The van der Waals surface area contributed by atoms with E-state index < -0.39 is 5.91 Å². The lowest BCUT2D eigenvalue weighted by molar-refractivity contribution is 0.0993. The van der Waals surface area contributed by atoms with Crippen LogP contribution in [-0.2, 0) is 0 Å². The van der Waals surface area contributed by atoms with Crippen LogP contribution in [0.1, 0.15) is 28.6 Å². The lowest BCUT2D eigenvalue weighted by Gasteiger charge is -2.36. The molecule has 2 aromatic carbocycles. The number of carbonyl (C=O) groups excluding carboxylic acids is 1. The van der Waals surface area contributed by atoms with Gasteiger partial charge >= 0.3 is 0 Å². The number of primary amides is 1. The van der Waals surface area contributed by atoms with E-state index in [1.54, 1.807) is 11.8 Å². The van der Waals surface area contributed by atoms with Crippen molar-refractivity contribution in [3.63, 3.8) is 0 Å². The molecule has 2 aliphatic heterocycles. The average molecular weight is 449 g/mol. The summed E-state index contributed by atoms with van der Waals surface area (Å²) in [6, 6.07) is 15.1. The summed E-state index contributed by atoms with van der Waals surface area (Å²) in [6.07, 6.45) is 0.938. The summed E-state index contributed by atoms with van der Waals surface area (Å²) in [6.45, 7) is 4.60. The van der Waals surface area contributed by atoms with E-state index in [1.165, 1.54) is 0 Å². The molecule has 3 heterocycles. The maximum Gasteiger partial charge on any atom is 0.269 e. The number of nitrogens with one attached hydrogen (secondary N) is 2. The second-order valence-corrected chi connectivity index (χ2v) is 8.15. The summed E-state index contributed by atoms with van der Waals surface area (Å²) in [5, 5.41) is 11.6. The molecular formula is C24H28N6O3. The highest BCUT2D eigenvalue weighted by atomic mass is 16.5. The summed E-state index contributed by atoms with van der Waals surface area (Å²) in [5.41, 5.74) is 8.55. The summed E-state index contributed by atoms with van der Waals surface area (Å²) in [4.78, 5) is 14.9. The zero-order valence-electron chi connectivity index (χ0n) is 18.6. The number of rotatable bonds is 6. The molecule has 1 fully saturated rings. The number of carbonyl (C=O) groups is 1. The molecule has 1 aromatic heterocycles. The van der Waals surface area contributed by atoms with Crippen molar-refractivity contribution in [1.29, 1.82) is 0 Å². The molecule has 2 aliphatic rings. The predicted octanol–water partition coefficient (Wildman–Crippen LogP) is 2.53. The number of hydrogen-bond acceptors (Lipinski definition) is 7. The second-order valence-electron chi connectivity index (χ2n) is 8.15. The van der Waals surface area contributed by atoms with E-state index in [-0.39, 0.29) is 6.04 Å². The molecule has 1 saturated heterocycles. The van der Waals surface area contributed by atoms with Gasteiger partial charge in [-0.05, 0) is 42.8 Å². The first-order chi connectivity index (χ1) is 16.2. The van der Waals surface area contributed by atoms with E-state index in [4.69, 9.17) is 20.3 Å². The normalized spacial score (nSPS) is 18.3. The van der Waals surface area contributed by atoms with E-state index in [1.807, 2.05) is 48.5 Å². The lowest BCUT2D eigenvalue weighted by atomic mass is 10.0.